The Balaban J connectivity index is 2.64. The van der Waals surface area contributed by atoms with Gasteiger partial charge in [-0.05, 0) is 24.0 Å². The molecule has 90 valence electrons. The highest BCUT2D eigenvalue weighted by molar-refractivity contribution is 6.31. The Morgan fingerprint density at radius 2 is 2.06 bits per heavy atom. The minimum Gasteiger partial charge on any atom is -0.310 e. The van der Waals surface area contributed by atoms with E-state index in [2.05, 4.69) is 26.1 Å². The SMILES string of the molecule is CCC(NCc1cccc(F)c1Cl)C(C)C. The Labute approximate surface area is 102 Å². The summed E-state index contributed by atoms with van der Waals surface area (Å²) in [7, 11) is 0. The molecule has 0 spiro atoms. The van der Waals surface area contributed by atoms with Crippen molar-refractivity contribution in [3.05, 3.63) is 34.6 Å². The lowest BCUT2D eigenvalue weighted by molar-refractivity contribution is 0.387. The molecule has 0 aliphatic rings. The quantitative estimate of drug-likeness (QED) is 0.824. The summed E-state index contributed by atoms with van der Waals surface area (Å²) in [5.74, 6) is 0.218. The first-order chi connectivity index (χ1) is 7.56. The molecule has 16 heavy (non-hydrogen) atoms. The van der Waals surface area contributed by atoms with Gasteiger partial charge in [0.2, 0.25) is 0 Å². The van der Waals surface area contributed by atoms with Crippen molar-refractivity contribution in [3.63, 3.8) is 0 Å². The zero-order valence-corrected chi connectivity index (χ0v) is 10.8. The van der Waals surface area contributed by atoms with Gasteiger partial charge in [0.1, 0.15) is 5.82 Å². The molecule has 0 bridgehead atoms. The van der Waals surface area contributed by atoms with Crippen LogP contribution in [0.15, 0.2) is 18.2 Å². The lowest BCUT2D eigenvalue weighted by Crippen LogP contribution is -2.32. The Morgan fingerprint density at radius 1 is 1.38 bits per heavy atom. The maximum atomic E-state index is 13.2. The third kappa shape index (κ3) is 3.46. The first-order valence-corrected chi connectivity index (χ1v) is 6.10. The van der Waals surface area contributed by atoms with Crippen molar-refractivity contribution in [2.75, 3.05) is 0 Å². The van der Waals surface area contributed by atoms with Crippen LogP contribution >= 0.6 is 11.6 Å². The lowest BCUT2D eigenvalue weighted by Gasteiger charge is -2.21. The van der Waals surface area contributed by atoms with Crippen molar-refractivity contribution in [3.8, 4) is 0 Å². The number of hydrogen-bond acceptors (Lipinski definition) is 1. The van der Waals surface area contributed by atoms with Gasteiger partial charge < -0.3 is 5.32 Å². The van der Waals surface area contributed by atoms with Crippen LogP contribution in [0.3, 0.4) is 0 Å². The number of rotatable bonds is 5. The van der Waals surface area contributed by atoms with E-state index in [1.54, 1.807) is 6.07 Å². The number of hydrogen-bond donors (Lipinski definition) is 1. The molecule has 1 N–H and O–H groups in total. The second kappa shape index (κ2) is 6.21. The van der Waals surface area contributed by atoms with E-state index in [9.17, 15) is 4.39 Å². The lowest BCUT2D eigenvalue weighted by atomic mass is 10.0. The maximum Gasteiger partial charge on any atom is 0.142 e. The fourth-order valence-corrected chi connectivity index (χ4v) is 1.97. The normalized spacial score (nSPS) is 13.1. The summed E-state index contributed by atoms with van der Waals surface area (Å²) in [5.41, 5.74) is 0.820. The zero-order valence-electron chi connectivity index (χ0n) is 10.1. The van der Waals surface area contributed by atoms with Crippen LogP contribution in [0.4, 0.5) is 4.39 Å². The van der Waals surface area contributed by atoms with Crippen molar-refractivity contribution >= 4 is 11.6 Å². The molecule has 0 aromatic heterocycles. The second-order valence-electron chi connectivity index (χ2n) is 4.35. The zero-order chi connectivity index (χ0) is 12.1. The Hall–Kier alpha value is -0.600. The van der Waals surface area contributed by atoms with Crippen molar-refractivity contribution in [2.45, 2.75) is 39.8 Å². The minimum absolute atomic E-state index is 0.230. The highest BCUT2D eigenvalue weighted by Crippen LogP contribution is 2.20. The molecule has 1 atom stereocenters. The van der Waals surface area contributed by atoms with E-state index < -0.39 is 0 Å². The summed E-state index contributed by atoms with van der Waals surface area (Å²) in [6.45, 7) is 7.11. The van der Waals surface area contributed by atoms with E-state index in [1.165, 1.54) is 6.07 Å². The molecule has 0 saturated heterocycles. The largest absolute Gasteiger partial charge is 0.310 e. The van der Waals surface area contributed by atoms with Crippen molar-refractivity contribution in [1.29, 1.82) is 0 Å². The number of benzene rings is 1. The van der Waals surface area contributed by atoms with Gasteiger partial charge in [0.25, 0.3) is 0 Å². The minimum atomic E-state index is -0.349. The molecule has 1 rings (SSSR count). The molecule has 0 heterocycles. The predicted octanol–water partition coefficient (Wildman–Crippen LogP) is 4.00. The molecular weight excluding hydrogens is 225 g/mol. The van der Waals surface area contributed by atoms with Gasteiger partial charge in [-0.3, -0.25) is 0 Å². The molecule has 1 aromatic rings. The monoisotopic (exact) mass is 243 g/mol. The van der Waals surface area contributed by atoms with Gasteiger partial charge in [-0.2, -0.15) is 0 Å². The molecule has 0 aliphatic heterocycles. The average Bonchev–Trinajstić information content (AvgIpc) is 2.24. The van der Waals surface area contributed by atoms with Crippen molar-refractivity contribution in [2.24, 2.45) is 5.92 Å². The third-order valence-electron chi connectivity index (χ3n) is 2.83. The van der Waals surface area contributed by atoms with Crippen LogP contribution in [-0.4, -0.2) is 6.04 Å². The van der Waals surface area contributed by atoms with Gasteiger partial charge in [-0.15, -0.1) is 0 Å². The van der Waals surface area contributed by atoms with Crippen LogP contribution in [0.1, 0.15) is 32.8 Å². The average molecular weight is 244 g/mol. The van der Waals surface area contributed by atoms with Gasteiger partial charge in [-0.1, -0.05) is 44.5 Å². The Kier molecular flexibility index (Phi) is 5.23. The molecule has 0 aliphatic carbocycles. The fourth-order valence-electron chi connectivity index (χ4n) is 1.78. The van der Waals surface area contributed by atoms with Crippen LogP contribution in [0, 0.1) is 11.7 Å². The van der Waals surface area contributed by atoms with E-state index in [0.717, 1.165) is 12.0 Å². The number of nitrogens with one attached hydrogen (secondary N) is 1. The Bertz CT molecular complexity index is 339. The Morgan fingerprint density at radius 3 is 2.62 bits per heavy atom. The highest BCUT2D eigenvalue weighted by atomic mass is 35.5. The summed E-state index contributed by atoms with van der Waals surface area (Å²) in [4.78, 5) is 0. The molecule has 1 nitrogen and oxygen atoms in total. The summed E-state index contributed by atoms with van der Waals surface area (Å²) in [5, 5.41) is 3.63. The van der Waals surface area contributed by atoms with Crippen LogP contribution in [-0.2, 0) is 6.54 Å². The van der Waals surface area contributed by atoms with Crippen LogP contribution in [0.25, 0.3) is 0 Å². The van der Waals surface area contributed by atoms with Crippen LogP contribution < -0.4 is 5.32 Å². The molecule has 1 unspecified atom stereocenters. The molecule has 0 saturated carbocycles. The summed E-state index contributed by atoms with van der Waals surface area (Å²) in [6.07, 6.45) is 1.06. The predicted molar refractivity (Wildman–Crippen MR) is 67.2 cm³/mol. The van der Waals surface area contributed by atoms with Crippen molar-refractivity contribution < 1.29 is 4.39 Å². The van der Waals surface area contributed by atoms with E-state index in [0.29, 0.717) is 18.5 Å². The summed E-state index contributed by atoms with van der Waals surface area (Å²) < 4.78 is 13.2. The van der Waals surface area contributed by atoms with E-state index in [-0.39, 0.29) is 10.8 Å². The van der Waals surface area contributed by atoms with Gasteiger partial charge in [0, 0.05) is 12.6 Å². The van der Waals surface area contributed by atoms with Crippen LogP contribution in [0.5, 0.6) is 0 Å². The molecule has 0 fully saturated rings. The molecule has 1 aromatic carbocycles. The smallest absolute Gasteiger partial charge is 0.142 e. The van der Waals surface area contributed by atoms with Gasteiger partial charge >= 0.3 is 0 Å². The van der Waals surface area contributed by atoms with Gasteiger partial charge in [0.15, 0.2) is 0 Å². The second-order valence-corrected chi connectivity index (χ2v) is 4.73. The van der Waals surface area contributed by atoms with E-state index in [4.69, 9.17) is 11.6 Å². The first-order valence-electron chi connectivity index (χ1n) is 5.72. The van der Waals surface area contributed by atoms with Crippen LogP contribution in [0.2, 0.25) is 5.02 Å². The molecule has 3 heteroatoms. The topological polar surface area (TPSA) is 12.0 Å². The summed E-state index contributed by atoms with van der Waals surface area (Å²) in [6, 6.07) is 5.37. The maximum absolute atomic E-state index is 13.2. The first kappa shape index (κ1) is 13.5. The third-order valence-corrected chi connectivity index (χ3v) is 3.25. The summed E-state index contributed by atoms with van der Waals surface area (Å²) >= 11 is 5.88. The highest BCUT2D eigenvalue weighted by Gasteiger charge is 2.11. The van der Waals surface area contributed by atoms with E-state index in [1.807, 2.05) is 6.07 Å². The van der Waals surface area contributed by atoms with E-state index >= 15 is 0 Å². The van der Waals surface area contributed by atoms with Crippen molar-refractivity contribution in [1.82, 2.24) is 5.32 Å². The molecule has 0 radical (unpaired) electrons. The number of halogens is 2. The van der Waals surface area contributed by atoms with Gasteiger partial charge in [0.05, 0.1) is 5.02 Å². The van der Waals surface area contributed by atoms with Gasteiger partial charge in [-0.25, -0.2) is 4.39 Å². The molecule has 0 amide bonds. The fraction of sp³-hybridized carbons (Fsp3) is 0.538. The standard InChI is InChI=1S/C13H19ClFN/c1-4-12(9(2)3)16-8-10-6-5-7-11(15)13(10)14/h5-7,9,12,16H,4,8H2,1-3H3. The molecular formula is C13H19ClFN.